The Morgan fingerprint density at radius 3 is 2.20 bits per heavy atom. The minimum atomic E-state index is -2.50. The quantitative estimate of drug-likeness (QED) is 0.135. The number of ketones is 1. The number of fused-ring (bicyclic) bond motifs is 3. The molecule has 15 heteroatoms. The molecule has 0 aromatic carbocycles. The predicted octanol–water partition coefficient (Wildman–Crippen LogP) is 4.58. The molecule has 4 aliphatic rings. The van der Waals surface area contributed by atoms with Crippen LogP contribution < -0.4 is 5.73 Å². The van der Waals surface area contributed by atoms with Gasteiger partial charge in [0.2, 0.25) is 11.7 Å². The molecule has 61 heavy (non-hydrogen) atoms. The number of cyclic esters (lactones) is 1. The number of esters is 1. The number of aliphatic hydroxyl groups is 3. The zero-order valence-electron chi connectivity index (χ0n) is 38.0. The van der Waals surface area contributed by atoms with Gasteiger partial charge in [-0.15, -0.1) is 6.58 Å². The van der Waals surface area contributed by atoms with E-state index in [1.54, 1.807) is 34.1 Å². The van der Waals surface area contributed by atoms with E-state index in [1.165, 1.54) is 18.9 Å². The van der Waals surface area contributed by atoms with Crippen LogP contribution in [0.5, 0.6) is 0 Å². The number of hydrogen-bond acceptors (Lipinski definition) is 13. The van der Waals surface area contributed by atoms with E-state index in [2.05, 4.69) is 19.2 Å². The van der Waals surface area contributed by atoms with Crippen molar-refractivity contribution in [2.24, 2.45) is 35.3 Å². The number of allylic oxidation sites excluding steroid dienone is 4. The largest absolute Gasteiger partial charge is 0.456 e. The summed E-state index contributed by atoms with van der Waals surface area (Å²) in [5.41, 5.74) is 6.53. The van der Waals surface area contributed by atoms with Gasteiger partial charge in [-0.05, 0) is 95.5 Å². The average molecular weight is 862 g/mol. The van der Waals surface area contributed by atoms with Crippen LogP contribution in [0, 0.1) is 35.0 Å². The number of amides is 2. The number of Topliss-reactive ketones (excluding diaryl/α,β-unsaturated/α-hetero) is 1. The van der Waals surface area contributed by atoms with Crippen LogP contribution in [-0.2, 0) is 42.9 Å². The van der Waals surface area contributed by atoms with Crippen molar-refractivity contribution >= 4 is 29.3 Å². The van der Waals surface area contributed by atoms with E-state index in [4.69, 9.17) is 29.1 Å². The van der Waals surface area contributed by atoms with Crippen LogP contribution in [-0.4, -0.2) is 132 Å². The first-order valence-corrected chi connectivity index (χ1v) is 21.9. The molecule has 346 valence electrons. The Morgan fingerprint density at radius 2 is 1.59 bits per heavy atom. The van der Waals surface area contributed by atoms with E-state index >= 15 is 0 Å². The van der Waals surface area contributed by atoms with Crippen molar-refractivity contribution in [3.63, 3.8) is 0 Å². The molecule has 1 aliphatic carbocycles. The van der Waals surface area contributed by atoms with Crippen molar-refractivity contribution in [2.75, 3.05) is 27.9 Å². The van der Waals surface area contributed by atoms with Crippen LogP contribution in [0.3, 0.4) is 0 Å². The van der Waals surface area contributed by atoms with E-state index in [1.807, 2.05) is 26.0 Å². The minimum absolute atomic E-state index is 0.0140. The molecule has 3 heterocycles. The first kappa shape index (κ1) is 52.0. The number of aliphatic hydroxyl groups excluding tert-OH is 2. The lowest BCUT2D eigenvalue weighted by atomic mass is 9.81. The number of ether oxygens (including phenoxy) is 5. The van der Waals surface area contributed by atoms with Gasteiger partial charge in [-0.2, -0.15) is 0 Å². The number of rotatable bonds is 7. The summed E-state index contributed by atoms with van der Waals surface area (Å²) < 4.78 is 29.9. The van der Waals surface area contributed by atoms with Crippen molar-refractivity contribution in [3.05, 3.63) is 36.0 Å². The first-order chi connectivity index (χ1) is 28.7. The van der Waals surface area contributed by atoms with Crippen molar-refractivity contribution in [1.29, 1.82) is 5.41 Å². The maximum Gasteiger partial charge on any atom is 0.329 e. The van der Waals surface area contributed by atoms with Gasteiger partial charge in [-0.25, -0.2) is 4.79 Å². The summed E-state index contributed by atoms with van der Waals surface area (Å²) in [6.07, 6.45) is 5.99. The van der Waals surface area contributed by atoms with Gasteiger partial charge < -0.3 is 55.0 Å². The Balaban J connectivity index is 0.00000237. The second kappa shape index (κ2) is 23.9. The van der Waals surface area contributed by atoms with Crippen LogP contribution in [0.15, 0.2) is 36.0 Å². The molecule has 3 aliphatic heterocycles. The number of primary amides is 1. The molecular weight excluding hydrogens is 787 g/mol. The molecule has 15 nitrogen and oxygen atoms in total. The second-order valence-electron chi connectivity index (χ2n) is 17.9. The maximum atomic E-state index is 14.3. The number of carbonyl (C=O) groups is 4. The SMILES string of the molecule is C=CC[C@@H]1/C=C(\C)C[C@H](C)C[C@H](OC)[C@H]2O[C@@](O)(C(=O)C(=O)N3CCCC[C@H]3C(=O)O[C@H](/C(C)=C/[C@@H]3CC[C@@H](O)[C@H](OC)C3)[C@H](C)[C@@H](O)CC1=N)[C@H](C)C[C@@H]2OC.CC(N)=O. The molecule has 0 aromatic rings. The molecule has 2 bridgehead atoms. The second-order valence-corrected chi connectivity index (χ2v) is 17.9. The normalized spacial score (nSPS) is 38.7. The van der Waals surface area contributed by atoms with Crippen LogP contribution in [0.2, 0.25) is 0 Å². The van der Waals surface area contributed by atoms with Gasteiger partial charge in [0.1, 0.15) is 18.2 Å². The first-order valence-electron chi connectivity index (χ1n) is 21.9. The van der Waals surface area contributed by atoms with Crippen molar-refractivity contribution in [2.45, 2.75) is 167 Å². The third-order valence-corrected chi connectivity index (χ3v) is 12.9. The molecule has 3 fully saturated rings. The Hall–Kier alpha value is -3.31. The van der Waals surface area contributed by atoms with Crippen LogP contribution in [0.25, 0.3) is 0 Å². The molecule has 0 radical (unpaired) electrons. The summed E-state index contributed by atoms with van der Waals surface area (Å²) in [7, 11) is 4.65. The van der Waals surface area contributed by atoms with E-state index in [0.717, 1.165) is 5.57 Å². The van der Waals surface area contributed by atoms with Crippen LogP contribution in [0.4, 0.5) is 0 Å². The van der Waals surface area contributed by atoms with E-state index < -0.39 is 77.9 Å². The number of methoxy groups -OCH3 is 3. The lowest BCUT2D eigenvalue weighted by molar-refractivity contribution is -0.302. The number of piperidine rings is 1. The third-order valence-electron chi connectivity index (χ3n) is 12.9. The lowest BCUT2D eigenvalue weighted by Crippen LogP contribution is -2.64. The highest BCUT2D eigenvalue weighted by Crippen LogP contribution is 2.39. The van der Waals surface area contributed by atoms with Crippen LogP contribution in [0.1, 0.15) is 112 Å². The van der Waals surface area contributed by atoms with E-state index in [0.29, 0.717) is 62.7 Å². The Kier molecular flexibility index (Phi) is 20.4. The number of carbonyl (C=O) groups excluding carboxylic acids is 4. The van der Waals surface area contributed by atoms with Crippen LogP contribution >= 0.6 is 0 Å². The van der Waals surface area contributed by atoms with Gasteiger partial charge in [0.25, 0.3) is 11.7 Å². The summed E-state index contributed by atoms with van der Waals surface area (Å²) in [6, 6.07) is -1.12. The summed E-state index contributed by atoms with van der Waals surface area (Å²) in [6.45, 7) is 14.7. The minimum Gasteiger partial charge on any atom is -0.456 e. The lowest BCUT2D eigenvalue weighted by Gasteiger charge is -2.47. The van der Waals surface area contributed by atoms with Crippen molar-refractivity contribution in [3.8, 4) is 0 Å². The Bertz CT molecular complexity index is 1580. The molecule has 0 aromatic heterocycles. The molecular formula is C46H75N3O12. The van der Waals surface area contributed by atoms with Crippen molar-refractivity contribution in [1.82, 2.24) is 4.90 Å². The molecule has 4 rings (SSSR count). The van der Waals surface area contributed by atoms with Gasteiger partial charge in [0.05, 0.1) is 30.5 Å². The van der Waals surface area contributed by atoms with E-state index in [-0.39, 0.29) is 55.6 Å². The highest BCUT2D eigenvalue weighted by atomic mass is 16.7. The highest BCUT2D eigenvalue weighted by molar-refractivity contribution is 6.39. The topological polar surface area (TPSA) is 228 Å². The van der Waals surface area contributed by atoms with E-state index in [9.17, 15) is 34.5 Å². The monoisotopic (exact) mass is 862 g/mol. The Labute approximate surface area is 362 Å². The zero-order valence-corrected chi connectivity index (χ0v) is 38.0. The summed E-state index contributed by atoms with van der Waals surface area (Å²) in [4.78, 5) is 53.2. The van der Waals surface area contributed by atoms with Crippen molar-refractivity contribution < 1.29 is 58.2 Å². The Morgan fingerprint density at radius 1 is 0.967 bits per heavy atom. The summed E-state index contributed by atoms with van der Waals surface area (Å²) in [5.74, 6) is -7.46. The van der Waals surface area contributed by atoms with Gasteiger partial charge in [-0.1, -0.05) is 44.6 Å². The number of nitrogens with zero attached hydrogens (tertiary/aromatic N) is 1. The smallest absolute Gasteiger partial charge is 0.329 e. The number of hydrogen-bond donors (Lipinski definition) is 5. The third kappa shape index (κ3) is 13.8. The molecule has 1 saturated carbocycles. The summed E-state index contributed by atoms with van der Waals surface area (Å²) in [5, 5.41) is 43.4. The fourth-order valence-electron chi connectivity index (χ4n) is 9.46. The van der Waals surface area contributed by atoms with Gasteiger partial charge in [0, 0.05) is 64.7 Å². The molecule has 6 N–H and O–H groups in total. The van der Waals surface area contributed by atoms with Gasteiger partial charge >= 0.3 is 5.97 Å². The molecule has 0 unspecified atom stereocenters. The number of nitrogens with one attached hydrogen (secondary N) is 1. The molecule has 2 saturated heterocycles. The fourth-order valence-corrected chi connectivity index (χ4v) is 9.46. The number of nitrogens with two attached hydrogens (primary N) is 1. The average Bonchev–Trinajstić information content (AvgIpc) is 3.21. The fraction of sp³-hybridized carbons (Fsp3) is 0.761. The molecule has 2 amide bonds. The van der Waals surface area contributed by atoms with Gasteiger partial charge in [-0.3, -0.25) is 14.4 Å². The summed E-state index contributed by atoms with van der Waals surface area (Å²) >= 11 is 0. The maximum absolute atomic E-state index is 14.3. The molecule has 0 spiro atoms. The standard InChI is InChI=1S/C44H70N2O11.C2H5NO/c1-10-13-31-19-25(2)18-26(3)20-37(54-8)40-38(55-9)22-28(5)44(52,57-40)41(49)42(50)46-17-12-11-14-33(46)43(51)56-39(29(6)35(48)24-32(31)45)27(4)21-30-15-16-34(47)36(23-30)53-7;1-2(3)4/h10,19,21,26,28-31,33-40,45,47-48,52H,1,11-18,20,22-24H2,2-9H3;1H3,(H2,3,4)/b25-19+,27-21+,45-32?;/t26-,28+,29+,30-,31+,33-,34+,35-,36+,37-,38-,39+,40+,44+;/m0./s1. The highest BCUT2D eigenvalue weighted by Gasteiger charge is 2.56. The molecule has 14 atom stereocenters. The van der Waals surface area contributed by atoms with Gasteiger partial charge in [0.15, 0.2) is 0 Å². The predicted molar refractivity (Wildman–Crippen MR) is 230 cm³/mol. The zero-order chi connectivity index (χ0) is 45.8.